The summed E-state index contributed by atoms with van der Waals surface area (Å²) in [6.45, 7) is 3.40. The van der Waals surface area contributed by atoms with Crippen molar-refractivity contribution in [2.45, 2.75) is 0 Å². The quantitative estimate of drug-likeness (QED) is 0.503. The normalized spacial score (nSPS) is 10.0. The lowest BCUT2D eigenvalue weighted by Crippen LogP contribution is -2.30. The summed E-state index contributed by atoms with van der Waals surface area (Å²) in [7, 11) is 0. The summed E-state index contributed by atoms with van der Waals surface area (Å²) in [5.74, 6) is -0.117. The van der Waals surface area contributed by atoms with E-state index >= 15 is 0 Å². The van der Waals surface area contributed by atoms with E-state index in [2.05, 4.69) is 11.9 Å². The maximum Gasteiger partial charge on any atom is 0.412 e. The first-order valence-electron chi connectivity index (χ1n) is 6.57. The van der Waals surface area contributed by atoms with Crippen molar-refractivity contribution in [3.63, 3.8) is 0 Å². The third kappa shape index (κ3) is 3.76. The van der Waals surface area contributed by atoms with Crippen molar-refractivity contribution in [1.82, 2.24) is 5.32 Å². The zero-order valence-corrected chi connectivity index (χ0v) is 11.7. The minimum atomic E-state index is -0.675. The molecule has 0 aliphatic rings. The lowest BCUT2D eigenvalue weighted by molar-refractivity contribution is -0.137. The van der Waals surface area contributed by atoms with Crippen LogP contribution in [-0.4, -0.2) is 30.3 Å². The van der Waals surface area contributed by atoms with Crippen LogP contribution in [0.2, 0.25) is 0 Å². The molecular weight excluding hydrogens is 286 g/mol. The molecule has 6 nitrogen and oxygen atoms in total. The molecule has 0 spiro atoms. The van der Waals surface area contributed by atoms with Crippen LogP contribution in [0, 0.1) is 0 Å². The first-order chi connectivity index (χ1) is 10.6. The highest BCUT2D eigenvalue weighted by Gasteiger charge is 2.09. The zero-order chi connectivity index (χ0) is 15.9. The van der Waals surface area contributed by atoms with Crippen LogP contribution in [-0.2, 0) is 9.53 Å². The molecular formula is C16H15NO5. The van der Waals surface area contributed by atoms with Crippen molar-refractivity contribution in [3.8, 4) is 11.5 Å². The molecule has 114 valence electrons. The van der Waals surface area contributed by atoms with Gasteiger partial charge in [0.15, 0.2) is 0 Å². The van der Waals surface area contributed by atoms with Crippen molar-refractivity contribution >= 4 is 22.8 Å². The van der Waals surface area contributed by atoms with Crippen LogP contribution in [0.1, 0.15) is 0 Å². The Morgan fingerprint density at radius 1 is 1.18 bits per heavy atom. The Balaban J connectivity index is 1.96. The minimum Gasteiger partial charge on any atom is -0.507 e. The first kappa shape index (κ1) is 15.4. The molecule has 2 N–H and O–H groups in total. The average Bonchev–Trinajstić information content (AvgIpc) is 2.52. The number of phenolic OH excluding ortho intramolecular Hbond substituents is 1. The number of rotatable bonds is 5. The van der Waals surface area contributed by atoms with E-state index in [9.17, 15) is 14.7 Å². The van der Waals surface area contributed by atoms with E-state index in [1.54, 1.807) is 36.4 Å². The standard InChI is InChI=1S/C16H15NO5/c1-2-15(19)21-10-9-17-16(20)22-14-8-4-5-11-12(14)6-3-7-13(11)18/h2-8,18H,1,9-10H2,(H,17,20). The van der Waals surface area contributed by atoms with Crippen molar-refractivity contribution in [3.05, 3.63) is 49.1 Å². The third-order valence-corrected chi connectivity index (χ3v) is 2.84. The number of aromatic hydroxyl groups is 1. The fraction of sp³-hybridized carbons (Fsp3) is 0.125. The molecule has 2 rings (SSSR count). The van der Waals surface area contributed by atoms with Gasteiger partial charge in [0.1, 0.15) is 18.1 Å². The number of carbonyl (C=O) groups excluding carboxylic acids is 2. The van der Waals surface area contributed by atoms with Gasteiger partial charge >= 0.3 is 12.1 Å². The Hall–Kier alpha value is -3.02. The fourth-order valence-electron chi connectivity index (χ4n) is 1.85. The molecule has 2 aromatic carbocycles. The van der Waals surface area contributed by atoms with Crippen molar-refractivity contribution < 1.29 is 24.2 Å². The predicted octanol–water partition coefficient (Wildman–Crippen LogP) is 2.36. The van der Waals surface area contributed by atoms with Gasteiger partial charge in [-0.05, 0) is 12.1 Å². The molecule has 0 bridgehead atoms. The zero-order valence-electron chi connectivity index (χ0n) is 11.7. The minimum absolute atomic E-state index is 0.0241. The van der Waals surface area contributed by atoms with Crippen LogP contribution < -0.4 is 10.1 Å². The van der Waals surface area contributed by atoms with E-state index in [-0.39, 0.29) is 18.9 Å². The number of phenols is 1. The molecule has 6 heteroatoms. The highest BCUT2D eigenvalue weighted by atomic mass is 16.6. The lowest BCUT2D eigenvalue weighted by Gasteiger charge is -2.09. The summed E-state index contributed by atoms with van der Waals surface area (Å²) in [5.41, 5.74) is 0. The Morgan fingerprint density at radius 3 is 2.68 bits per heavy atom. The van der Waals surface area contributed by atoms with Gasteiger partial charge in [0, 0.05) is 16.8 Å². The van der Waals surface area contributed by atoms with E-state index in [0.29, 0.717) is 16.5 Å². The number of nitrogens with one attached hydrogen (secondary N) is 1. The van der Waals surface area contributed by atoms with Crippen molar-refractivity contribution in [1.29, 1.82) is 0 Å². The number of hydrogen-bond donors (Lipinski definition) is 2. The average molecular weight is 301 g/mol. The van der Waals surface area contributed by atoms with Gasteiger partial charge in [0.2, 0.25) is 0 Å². The van der Waals surface area contributed by atoms with E-state index in [4.69, 9.17) is 9.47 Å². The van der Waals surface area contributed by atoms with Gasteiger partial charge in [-0.1, -0.05) is 30.8 Å². The highest BCUT2D eigenvalue weighted by molar-refractivity contribution is 5.94. The Bertz CT molecular complexity index is 711. The fourth-order valence-corrected chi connectivity index (χ4v) is 1.85. The SMILES string of the molecule is C=CC(=O)OCCNC(=O)Oc1cccc2c(O)cccc12. The molecule has 0 aliphatic carbocycles. The van der Waals surface area contributed by atoms with Crippen LogP contribution in [0.3, 0.4) is 0 Å². The summed E-state index contributed by atoms with van der Waals surface area (Å²) >= 11 is 0. The number of ether oxygens (including phenoxy) is 2. The van der Waals surface area contributed by atoms with Gasteiger partial charge in [0.25, 0.3) is 0 Å². The van der Waals surface area contributed by atoms with Crippen LogP contribution in [0.5, 0.6) is 11.5 Å². The number of amides is 1. The lowest BCUT2D eigenvalue weighted by atomic mass is 10.1. The van der Waals surface area contributed by atoms with Crippen LogP contribution in [0.15, 0.2) is 49.1 Å². The topological polar surface area (TPSA) is 84.9 Å². The summed E-state index contributed by atoms with van der Waals surface area (Å²) < 4.78 is 9.91. The number of esters is 1. The number of hydrogen-bond acceptors (Lipinski definition) is 5. The second-order valence-electron chi connectivity index (χ2n) is 4.32. The molecule has 1 amide bonds. The van der Waals surface area contributed by atoms with E-state index in [1.807, 2.05) is 0 Å². The molecule has 0 saturated heterocycles. The van der Waals surface area contributed by atoms with E-state index in [0.717, 1.165) is 6.08 Å². The molecule has 0 aliphatic heterocycles. The van der Waals surface area contributed by atoms with E-state index < -0.39 is 12.1 Å². The van der Waals surface area contributed by atoms with Crippen LogP contribution in [0.4, 0.5) is 4.79 Å². The maximum atomic E-state index is 11.7. The number of carbonyl (C=O) groups is 2. The summed E-state index contributed by atoms with van der Waals surface area (Å²) in [6, 6.07) is 9.99. The van der Waals surface area contributed by atoms with Crippen molar-refractivity contribution in [2.75, 3.05) is 13.2 Å². The van der Waals surface area contributed by atoms with Gasteiger partial charge in [-0.2, -0.15) is 0 Å². The summed E-state index contributed by atoms with van der Waals surface area (Å²) in [4.78, 5) is 22.5. The monoisotopic (exact) mass is 301 g/mol. The summed E-state index contributed by atoms with van der Waals surface area (Å²) in [5, 5.41) is 13.4. The first-order valence-corrected chi connectivity index (χ1v) is 6.57. The molecule has 0 radical (unpaired) electrons. The van der Waals surface area contributed by atoms with Gasteiger partial charge in [-0.25, -0.2) is 9.59 Å². The Kier molecular flexibility index (Phi) is 4.98. The third-order valence-electron chi connectivity index (χ3n) is 2.84. The number of fused-ring (bicyclic) bond motifs is 1. The van der Waals surface area contributed by atoms with Crippen LogP contribution >= 0.6 is 0 Å². The molecule has 0 atom stereocenters. The largest absolute Gasteiger partial charge is 0.507 e. The summed E-state index contributed by atoms with van der Waals surface area (Å²) in [6.07, 6.45) is 0.367. The molecule has 0 saturated carbocycles. The molecule has 0 aromatic heterocycles. The molecule has 22 heavy (non-hydrogen) atoms. The Morgan fingerprint density at radius 2 is 1.91 bits per heavy atom. The van der Waals surface area contributed by atoms with Gasteiger partial charge in [-0.3, -0.25) is 0 Å². The predicted molar refractivity (Wildman–Crippen MR) is 80.8 cm³/mol. The Labute approximate surface area is 127 Å². The number of benzene rings is 2. The van der Waals surface area contributed by atoms with Gasteiger partial charge in [-0.15, -0.1) is 0 Å². The van der Waals surface area contributed by atoms with Crippen molar-refractivity contribution in [2.24, 2.45) is 0 Å². The second kappa shape index (κ2) is 7.12. The molecule has 0 unspecified atom stereocenters. The molecule has 0 fully saturated rings. The maximum absolute atomic E-state index is 11.7. The van der Waals surface area contributed by atoms with Crippen LogP contribution in [0.25, 0.3) is 10.8 Å². The molecule has 2 aromatic rings. The van der Waals surface area contributed by atoms with Gasteiger partial charge in [0.05, 0.1) is 6.54 Å². The second-order valence-corrected chi connectivity index (χ2v) is 4.32. The highest BCUT2D eigenvalue weighted by Crippen LogP contribution is 2.31. The smallest absolute Gasteiger partial charge is 0.412 e. The van der Waals surface area contributed by atoms with Gasteiger partial charge < -0.3 is 19.9 Å². The van der Waals surface area contributed by atoms with E-state index in [1.165, 1.54) is 0 Å². The molecule has 0 heterocycles.